The van der Waals surface area contributed by atoms with Crippen LogP contribution in [-0.4, -0.2) is 43.0 Å². The summed E-state index contributed by atoms with van der Waals surface area (Å²) in [6.07, 6.45) is 1.66. The first kappa shape index (κ1) is 17.4. The number of ether oxygens (including phenoxy) is 1. The van der Waals surface area contributed by atoms with Crippen molar-refractivity contribution in [1.82, 2.24) is 10.2 Å². The third-order valence-corrected chi connectivity index (χ3v) is 4.11. The standard InChI is InChI=1S/C18H17BrN2O4/c19-16-7-6-15(25-16)17(22)20-14(12-13-4-2-1-3-5-13)18(23)21-8-10-24-11-9-21/h1-7,12H,8-11H2,(H,20,22)/b14-12-. The molecule has 130 valence electrons. The Kier molecular flexibility index (Phi) is 5.67. The summed E-state index contributed by atoms with van der Waals surface area (Å²) in [7, 11) is 0. The van der Waals surface area contributed by atoms with Crippen molar-refractivity contribution in [2.45, 2.75) is 0 Å². The van der Waals surface area contributed by atoms with Crippen molar-refractivity contribution in [3.05, 3.63) is 64.2 Å². The lowest BCUT2D eigenvalue weighted by molar-refractivity contribution is -0.131. The molecule has 0 saturated carbocycles. The van der Waals surface area contributed by atoms with Crippen LogP contribution in [0.5, 0.6) is 0 Å². The highest BCUT2D eigenvalue weighted by atomic mass is 79.9. The number of hydrogen-bond acceptors (Lipinski definition) is 4. The minimum absolute atomic E-state index is 0.126. The first-order valence-electron chi connectivity index (χ1n) is 7.84. The fourth-order valence-corrected chi connectivity index (χ4v) is 2.73. The molecule has 1 aromatic heterocycles. The lowest BCUT2D eigenvalue weighted by Crippen LogP contribution is -2.44. The van der Waals surface area contributed by atoms with Gasteiger partial charge in [0.1, 0.15) is 5.70 Å². The maximum Gasteiger partial charge on any atom is 0.291 e. The highest BCUT2D eigenvalue weighted by Gasteiger charge is 2.23. The molecule has 0 aliphatic carbocycles. The van der Waals surface area contributed by atoms with Crippen LogP contribution in [0.2, 0.25) is 0 Å². The fourth-order valence-electron chi connectivity index (χ4n) is 2.42. The third kappa shape index (κ3) is 4.58. The van der Waals surface area contributed by atoms with Crippen molar-refractivity contribution >= 4 is 33.8 Å². The van der Waals surface area contributed by atoms with E-state index in [2.05, 4.69) is 21.2 Å². The zero-order valence-electron chi connectivity index (χ0n) is 13.4. The number of amides is 2. The first-order valence-corrected chi connectivity index (χ1v) is 8.63. The predicted molar refractivity (Wildman–Crippen MR) is 95.7 cm³/mol. The van der Waals surface area contributed by atoms with Gasteiger partial charge in [-0.25, -0.2) is 0 Å². The molecule has 2 amide bonds. The summed E-state index contributed by atoms with van der Waals surface area (Å²) < 4.78 is 11.0. The minimum atomic E-state index is -0.477. The zero-order valence-corrected chi connectivity index (χ0v) is 15.0. The molecule has 1 aromatic carbocycles. The van der Waals surface area contributed by atoms with E-state index in [9.17, 15) is 9.59 Å². The van der Waals surface area contributed by atoms with Crippen molar-refractivity contribution < 1.29 is 18.7 Å². The first-order chi connectivity index (χ1) is 12.1. The van der Waals surface area contributed by atoms with E-state index < -0.39 is 5.91 Å². The van der Waals surface area contributed by atoms with E-state index in [1.807, 2.05) is 30.3 Å². The van der Waals surface area contributed by atoms with Gasteiger partial charge in [-0.3, -0.25) is 9.59 Å². The van der Waals surface area contributed by atoms with Gasteiger partial charge < -0.3 is 19.4 Å². The number of nitrogens with one attached hydrogen (secondary N) is 1. The van der Waals surface area contributed by atoms with Gasteiger partial charge in [0, 0.05) is 13.1 Å². The molecule has 1 fully saturated rings. The number of carbonyl (C=O) groups is 2. The number of benzene rings is 1. The third-order valence-electron chi connectivity index (χ3n) is 3.68. The Labute approximate surface area is 153 Å². The van der Waals surface area contributed by atoms with Crippen LogP contribution in [0.4, 0.5) is 0 Å². The van der Waals surface area contributed by atoms with Crippen LogP contribution in [0.15, 0.2) is 57.2 Å². The smallest absolute Gasteiger partial charge is 0.291 e. The largest absolute Gasteiger partial charge is 0.444 e. The van der Waals surface area contributed by atoms with E-state index in [4.69, 9.17) is 9.15 Å². The van der Waals surface area contributed by atoms with Gasteiger partial charge in [0.05, 0.1) is 13.2 Å². The lowest BCUT2D eigenvalue weighted by atomic mass is 10.1. The minimum Gasteiger partial charge on any atom is -0.444 e. The highest BCUT2D eigenvalue weighted by molar-refractivity contribution is 9.10. The number of carbonyl (C=O) groups excluding carboxylic acids is 2. The highest BCUT2D eigenvalue weighted by Crippen LogP contribution is 2.15. The summed E-state index contributed by atoms with van der Waals surface area (Å²) in [5, 5.41) is 2.67. The SMILES string of the molecule is O=C(N/C(=C\c1ccccc1)C(=O)N1CCOCC1)c1ccc(Br)o1. The lowest BCUT2D eigenvalue weighted by Gasteiger charge is -2.27. The van der Waals surface area contributed by atoms with E-state index in [1.165, 1.54) is 0 Å². The quantitative estimate of drug-likeness (QED) is 0.795. The molecule has 0 spiro atoms. The molecule has 0 unspecified atom stereocenters. The van der Waals surface area contributed by atoms with E-state index in [-0.39, 0.29) is 17.4 Å². The van der Waals surface area contributed by atoms with E-state index >= 15 is 0 Å². The molecule has 0 bridgehead atoms. The molecular formula is C18H17BrN2O4. The Bertz CT molecular complexity index is 779. The summed E-state index contributed by atoms with van der Waals surface area (Å²) in [6.45, 7) is 1.97. The molecule has 2 aromatic rings. The average Bonchev–Trinajstić information content (AvgIpc) is 3.09. The Morgan fingerprint density at radius 3 is 2.44 bits per heavy atom. The Balaban J connectivity index is 1.84. The molecule has 0 atom stereocenters. The number of hydrogen-bond donors (Lipinski definition) is 1. The summed E-state index contributed by atoms with van der Waals surface area (Å²) in [5.74, 6) is -0.596. The zero-order chi connectivity index (χ0) is 17.6. The number of nitrogens with zero attached hydrogens (tertiary/aromatic N) is 1. The fraction of sp³-hybridized carbons (Fsp3) is 0.222. The second kappa shape index (κ2) is 8.13. The Morgan fingerprint density at radius 1 is 1.08 bits per heavy atom. The van der Waals surface area contributed by atoms with E-state index in [0.29, 0.717) is 31.0 Å². The summed E-state index contributed by atoms with van der Waals surface area (Å²) >= 11 is 3.16. The monoisotopic (exact) mass is 404 g/mol. The second-order valence-electron chi connectivity index (χ2n) is 5.43. The van der Waals surface area contributed by atoms with Gasteiger partial charge in [-0.05, 0) is 39.7 Å². The average molecular weight is 405 g/mol. The van der Waals surface area contributed by atoms with Crippen LogP contribution in [0.25, 0.3) is 6.08 Å². The molecule has 25 heavy (non-hydrogen) atoms. The summed E-state index contributed by atoms with van der Waals surface area (Å²) in [4.78, 5) is 26.9. The molecule has 3 rings (SSSR count). The number of halogens is 1. The molecular weight excluding hydrogens is 388 g/mol. The van der Waals surface area contributed by atoms with E-state index in [1.54, 1.807) is 23.1 Å². The van der Waals surface area contributed by atoms with Crippen LogP contribution in [0, 0.1) is 0 Å². The second-order valence-corrected chi connectivity index (χ2v) is 6.21. The maximum absolute atomic E-state index is 12.8. The number of rotatable bonds is 4. The molecule has 6 nitrogen and oxygen atoms in total. The van der Waals surface area contributed by atoms with Crippen molar-refractivity contribution in [2.75, 3.05) is 26.3 Å². The molecule has 2 heterocycles. The van der Waals surface area contributed by atoms with Crippen LogP contribution >= 0.6 is 15.9 Å². The van der Waals surface area contributed by atoms with Crippen LogP contribution in [0.1, 0.15) is 16.1 Å². The van der Waals surface area contributed by atoms with Gasteiger partial charge in [-0.15, -0.1) is 0 Å². The van der Waals surface area contributed by atoms with Crippen LogP contribution < -0.4 is 5.32 Å². The predicted octanol–water partition coefficient (Wildman–Crippen LogP) is 2.67. The molecule has 1 aliphatic rings. The topological polar surface area (TPSA) is 71.8 Å². The normalized spacial score (nSPS) is 15.1. The van der Waals surface area contributed by atoms with E-state index in [0.717, 1.165) is 5.56 Å². The molecule has 1 N–H and O–H groups in total. The Hall–Kier alpha value is -2.38. The maximum atomic E-state index is 12.8. The summed E-state index contributed by atoms with van der Waals surface area (Å²) in [5.41, 5.74) is 1.02. The van der Waals surface area contributed by atoms with Crippen LogP contribution in [-0.2, 0) is 9.53 Å². The molecule has 1 saturated heterocycles. The molecule has 1 aliphatic heterocycles. The van der Waals surface area contributed by atoms with Gasteiger partial charge >= 0.3 is 0 Å². The van der Waals surface area contributed by atoms with Crippen LogP contribution in [0.3, 0.4) is 0 Å². The molecule has 7 heteroatoms. The summed E-state index contributed by atoms with van der Waals surface area (Å²) in [6, 6.07) is 12.5. The van der Waals surface area contributed by atoms with Gasteiger partial charge in [0.25, 0.3) is 11.8 Å². The van der Waals surface area contributed by atoms with Crippen molar-refractivity contribution in [3.8, 4) is 0 Å². The molecule has 0 radical (unpaired) electrons. The number of furan rings is 1. The van der Waals surface area contributed by atoms with Gasteiger partial charge in [-0.2, -0.15) is 0 Å². The van der Waals surface area contributed by atoms with Gasteiger partial charge in [0.2, 0.25) is 0 Å². The van der Waals surface area contributed by atoms with Gasteiger partial charge in [-0.1, -0.05) is 30.3 Å². The van der Waals surface area contributed by atoms with Crippen molar-refractivity contribution in [3.63, 3.8) is 0 Å². The van der Waals surface area contributed by atoms with Crippen molar-refractivity contribution in [2.24, 2.45) is 0 Å². The van der Waals surface area contributed by atoms with Crippen molar-refractivity contribution in [1.29, 1.82) is 0 Å². The number of morpholine rings is 1. The Morgan fingerprint density at radius 2 is 1.80 bits per heavy atom. The van der Waals surface area contributed by atoms with Gasteiger partial charge in [0.15, 0.2) is 10.4 Å².